The molecule has 4 rings (SSSR count). The molecular weight excluding hydrogens is 400 g/mol. The molecule has 164 valence electrons. The molecule has 0 bridgehead atoms. The van der Waals surface area contributed by atoms with Crippen molar-refractivity contribution in [2.24, 2.45) is 5.92 Å². The number of pyridine rings is 1. The zero-order valence-electron chi connectivity index (χ0n) is 18.0. The van der Waals surface area contributed by atoms with E-state index in [1.54, 1.807) is 12.4 Å². The predicted octanol–water partition coefficient (Wildman–Crippen LogP) is 4.06. The van der Waals surface area contributed by atoms with Crippen molar-refractivity contribution in [1.29, 1.82) is 0 Å². The largest absolute Gasteiger partial charge is 0.352 e. The third-order valence-corrected chi connectivity index (χ3v) is 5.87. The molecule has 2 N–H and O–H groups in total. The summed E-state index contributed by atoms with van der Waals surface area (Å²) in [7, 11) is 0. The first-order chi connectivity index (χ1) is 15.7. The first kappa shape index (κ1) is 21.6. The highest BCUT2D eigenvalue weighted by Gasteiger charge is 2.35. The van der Waals surface area contributed by atoms with Crippen LogP contribution in [0.2, 0.25) is 0 Å². The summed E-state index contributed by atoms with van der Waals surface area (Å²) in [6.07, 6.45) is 4.94. The summed E-state index contributed by atoms with van der Waals surface area (Å²) in [5.74, 6) is -0.268. The Morgan fingerprint density at radius 1 is 0.844 bits per heavy atom. The minimum Gasteiger partial charge on any atom is -0.352 e. The lowest BCUT2D eigenvalue weighted by Crippen LogP contribution is -2.50. The average Bonchev–Trinajstić information content (AvgIpc) is 2.87. The second kappa shape index (κ2) is 10.6. The molecular formula is C26H28N4O2. The highest BCUT2D eigenvalue weighted by Crippen LogP contribution is 2.33. The number of likely N-dealkylation sites (tertiary alicyclic amines) is 1. The maximum atomic E-state index is 13.2. The number of hydrogen-bond donors (Lipinski definition) is 2. The average molecular weight is 429 g/mol. The lowest BCUT2D eigenvalue weighted by atomic mass is 9.88. The summed E-state index contributed by atoms with van der Waals surface area (Å²) in [6, 6.07) is 23.5. The van der Waals surface area contributed by atoms with Crippen molar-refractivity contribution in [3.8, 4) is 0 Å². The summed E-state index contributed by atoms with van der Waals surface area (Å²) in [5.41, 5.74) is 3.09. The van der Waals surface area contributed by atoms with Gasteiger partial charge in [-0.1, -0.05) is 66.7 Å². The van der Waals surface area contributed by atoms with E-state index in [1.165, 1.54) is 0 Å². The van der Waals surface area contributed by atoms with Crippen LogP contribution in [0.1, 0.15) is 35.6 Å². The summed E-state index contributed by atoms with van der Waals surface area (Å²) in [5, 5.41) is 6.04. The van der Waals surface area contributed by atoms with Gasteiger partial charge in [-0.25, -0.2) is 4.79 Å². The van der Waals surface area contributed by atoms with E-state index in [1.807, 2.05) is 77.7 Å². The zero-order chi connectivity index (χ0) is 22.2. The maximum absolute atomic E-state index is 13.2. The van der Waals surface area contributed by atoms with Crippen molar-refractivity contribution in [1.82, 2.24) is 20.5 Å². The number of nitrogens with one attached hydrogen (secondary N) is 2. The Morgan fingerprint density at radius 3 is 2.25 bits per heavy atom. The molecule has 6 nitrogen and oxygen atoms in total. The van der Waals surface area contributed by atoms with Gasteiger partial charge in [0.25, 0.3) is 0 Å². The molecule has 0 unspecified atom stereocenters. The minimum atomic E-state index is -0.242. The molecule has 1 aliphatic heterocycles. The van der Waals surface area contributed by atoms with E-state index in [4.69, 9.17) is 0 Å². The first-order valence-corrected chi connectivity index (χ1v) is 11.0. The Bertz CT molecular complexity index is 1010. The summed E-state index contributed by atoms with van der Waals surface area (Å²) < 4.78 is 0. The SMILES string of the molecule is O=C(NCc1cccnc1)[C@H]1CC[C@@H](c2ccccc2)N(C(=O)NCc2ccccc2)C1. The topological polar surface area (TPSA) is 74.3 Å². The van der Waals surface area contributed by atoms with Crippen molar-refractivity contribution in [2.45, 2.75) is 32.0 Å². The Balaban J connectivity index is 1.43. The number of piperidine rings is 1. The van der Waals surface area contributed by atoms with Gasteiger partial charge in [-0.05, 0) is 35.6 Å². The summed E-state index contributed by atoms with van der Waals surface area (Å²) in [6.45, 7) is 1.28. The standard InChI is InChI=1S/C26H28N4O2/c31-25(28-18-21-10-7-15-27-16-21)23-13-14-24(22-11-5-2-6-12-22)30(19-23)26(32)29-17-20-8-3-1-4-9-20/h1-12,15-16,23-24H,13-14,17-19H2,(H,28,31)(H,29,32)/t23-,24-/m0/s1. The van der Waals surface area contributed by atoms with Crippen molar-refractivity contribution in [3.05, 3.63) is 102 Å². The third-order valence-electron chi connectivity index (χ3n) is 5.87. The molecule has 0 saturated carbocycles. The lowest BCUT2D eigenvalue weighted by molar-refractivity contribution is -0.126. The molecule has 0 spiro atoms. The molecule has 2 atom stereocenters. The number of rotatable bonds is 6. The number of nitrogens with zero attached hydrogens (tertiary/aromatic N) is 2. The van der Waals surface area contributed by atoms with E-state index in [-0.39, 0.29) is 23.9 Å². The lowest BCUT2D eigenvalue weighted by Gasteiger charge is -2.39. The van der Waals surface area contributed by atoms with E-state index in [2.05, 4.69) is 15.6 Å². The second-order valence-electron chi connectivity index (χ2n) is 8.08. The van der Waals surface area contributed by atoms with Gasteiger partial charge in [0.2, 0.25) is 5.91 Å². The van der Waals surface area contributed by atoms with Gasteiger partial charge in [-0.3, -0.25) is 9.78 Å². The number of urea groups is 1. The highest BCUT2D eigenvalue weighted by atomic mass is 16.2. The van der Waals surface area contributed by atoms with Crippen molar-refractivity contribution >= 4 is 11.9 Å². The van der Waals surface area contributed by atoms with E-state index < -0.39 is 0 Å². The fourth-order valence-electron chi connectivity index (χ4n) is 4.14. The Kier molecular flexibility index (Phi) is 7.12. The maximum Gasteiger partial charge on any atom is 0.318 e. The van der Waals surface area contributed by atoms with Gasteiger partial charge in [-0.15, -0.1) is 0 Å². The van der Waals surface area contributed by atoms with Gasteiger partial charge in [0.05, 0.1) is 12.0 Å². The molecule has 3 aromatic rings. The fourth-order valence-corrected chi connectivity index (χ4v) is 4.14. The Hall–Kier alpha value is -3.67. The molecule has 32 heavy (non-hydrogen) atoms. The molecule has 1 fully saturated rings. The van der Waals surface area contributed by atoms with Gasteiger partial charge >= 0.3 is 6.03 Å². The molecule has 0 aliphatic carbocycles. The molecule has 1 aliphatic rings. The smallest absolute Gasteiger partial charge is 0.318 e. The molecule has 1 saturated heterocycles. The molecule has 2 aromatic carbocycles. The first-order valence-electron chi connectivity index (χ1n) is 11.0. The molecule has 2 heterocycles. The monoisotopic (exact) mass is 428 g/mol. The van der Waals surface area contributed by atoms with Crippen LogP contribution in [0, 0.1) is 5.92 Å². The quantitative estimate of drug-likeness (QED) is 0.622. The van der Waals surface area contributed by atoms with E-state index in [0.29, 0.717) is 19.6 Å². The van der Waals surface area contributed by atoms with Crippen LogP contribution < -0.4 is 10.6 Å². The van der Waals surface area contributed by atoms with Crippen LogP contribution in [0.25, 0.3) is 0 Å². The van der Waals surface area contributed by atoms with Crippen molar-refractivity contribution in [3.63, 3.8) is 0 Å². The fraction of sp³-hybridized carbons (Fsp3) is 0.269. The highest BCUT2D eigenvalue weighted by molar-refractivity contribution is 5.81. The van der Waals surface area contributed by atoms with Crippen molar-refractivity contribution < 1.29 is 9.59 Å². The number of carbonyl (C=O) groups excluding carboxylic acids is 2. The van der Waals surface area contributed by atoms with Crippen LogP contribution in [-0.2, 0) is 17.9 Å². The van der Waals surface area contributed by atoms with Gasteiger partial charge < -0.3 is 15.5 Å². The van der Waals surface area contributed by atoms with Crippen LogP contribution in [0.4, 0.5) is 4.79 Å². The van der Waals surface area contributed by atoms with Gasteiger partial charge in [0.15, 0.2) is 0 Å². The zero-order valence-corrected chi connectivity index (χ0v) is 18.0. The number of amides is 3. The van der Waals surface area contributed by atoms with Crippen molar-refractivity contribution in [2.75, 3.05) is 6.54 Å². The predicted molar refractivity (Wildman–Crippen MR) is 123 cm³/mol. The van der Waals surface area contributed by atoms with E-state index in [0.717, 1.165) is 29.5 Å². The third kappa shape index (κ3) is 5.52. The van der Waals surface area contributed by atoms with Crippen LogP contribution >= 0.6 is 0 Å². The number of aromatic nitrogens is 1. The second-order valence-corrected chi connectivity index (χ2v) is 8.08. The number of benzene rings is 2. The summed E-state index contributed by atoms with van der Waals surface area (Å²) in [4.78, 5) is 32.0. The van der Waals surface area contributed by atoms with Gasteiger partial charge in [0, 0.05) is 32.0 Å². The Morgan fingerprint density at radius 2 is 1.53 bits per heavy atom. The van der Waals surface area contributed by atoms with E-state index in [9.17, 15) is 9.59 Å². The number of carbonyl (C=O) groups is 2. The molecule has 0 radical (unpaired) electrons. The Labute approximate surface area is 188 Å². The molecule has 1 aromatic heterocycles. The van der Waals surface area contributed by atoms with Crippen LogP contribution in [0.15, 0.2) is 85.2 Å². The molecule has 6 heteroatoms. The van der Waals surface area contributed by atoms with E-state index >= 15 is 0 Å². The molecule has 3 amide bonds. The van der Waals surface area contributed by atoms with Crippen LogP contribution in [-0.4, -0.2) is 28.4 Å². The van der Waals surface area contributed by atoms with Gasteiger partial charge in [0.1, 0.15) is 0 Å². The summed E-state index contributed by atoms with van der Waals surface area (Å²) >= 11 is 0. The van der Waals surface area contributed by atoms with Crippen LogP contribution in [0.3, 0.4) is 0 Å². The minimum absolute atomic E-state index is 0.0266. The normalized spacial score (nSPS) is 18.1. The number of hydrogen-bond acceptors (Lipinski definition) is 3. The van der Waals surface area contributed by atoms with Gasteiger partial charge in [-0.2, -0.15) is 0 Å². The van der Waals surface area contributed by atoms with Crippen LogP contribution in [0.5, 0.6) is 0 Å².